The summed E-state index contributed by atoms with van der Waals surface area (Å²) in [6, 6.07) is 5.56. The van der Waals surface area contributed by atoms with Crippen molar-refractivity contribution in [1.29, 1.82) is 0 Å². The van der Waals surface area contributed by atoms with Gasteiger partial charge in [-0.25, -0.2) is 14.5 Å². The molecule has 9 nitrogen and oxygen atoms in total. The molecule has 6 rings (SSSR count). The van der Waals surface area contributed by atoms with Crippen LogP contribution in [0.3, 0.4) is 0 Å². The van der Waals surface area contributed by atoms with Gasteiger partial charge in [-0.05, 0) is 104 Å². The number of benzene rings is 1. The summed E-state index contributed by atoms with van der Waals surface area (Å²) in [5.41, 5.74) is 2.51. The molecule has 2 aliphatic carbocycles. The van der Waals surface area contributed by atoms with Gasteiger partial charge in [0, 0.05) is 5.56 Å². The summed E-state index contributed by atoms with van der Waals surface area (Å²) in [6.07, 6.45) is 4.87. The Morgan fingerprint density at radius 2 is 1.43 bits per heavy atom. The quantitative estimate of drug-likeness (QED) is 0.293. The zero-order valence-electron chi connectivity index (χ0n) is 29.8. The average Bonchev–Trinajstić information content (AvgIpc) is 3.27. The van der Waals surface area contributed by atoms with Gasteiger partial charge in [0.25, 0.3) is 5.91 Å². The summed E-state index contributed by atoms with van der Waals surface area (Å²) in [4.78, 5) is 56.3. The Morgan fingerprint density at radius 3 is 2.00 bits per heavy atom. The molecule has 4 amide bonds. The topological polar surface area (TPSA) is 106 Å². The average molecular weight is 730 g/mol. The van der Waals surface area contributed by atoms with Crippen molar-refractivity contribution in [2.24, 2.45) is 40.6 Å². The van der Waals surface area contributed by atoms with E-state index >= 15 is 0 Å². The Balaban J connectivity index is 1.30. The first-order chi connectivity index (χ1) is 23.3. The summed E-state index contributed by atoms with van der Waals surface area (Å²) < 4.78 is 11.2. The standard InChI is InChI=1S/C37H51N3O6S3/c1-20(2)26-12-9-22(5)17-30(26)45-34(42)39-29-14-11-25(19-28(29)37(33(39)41)47-15-8-16-48-37)32-24(7)49-36(44)40(38-32)35(43)46-31-18-23(6)10-13-27(31)21(3)4/h11,14,19-24,26-27,30-31H,8-10,12-13,15-18H2,1-7H3/t22-,23-,24-,26+,27+,30-,31-/m1/s1. The van der Waals surface area contributed by atoms with Gasteiger partial charge in [-0.2, -0.15) is 5.10 Å². The highest BCUT2D eigenvalue weighted by atomic mass is 32.2. The largest absolute Gasteiger partial charge is 0.445 e. The fraction of sp³-hybridized carbons (Fsp3) is 0.703. The number of thioether (sulfide) groups is 3. The summed E-state index contributed by atoms with van der Waals surface area (Å²) in [6.45, 7) is 14.9. The molecule has 1 saturated heterocycles. The highest BCUT2D eigenvalue weighted by Gasteiger charge is 2.56. The zero-order valence-corrected chi connectivity index (χ0v) is 32.3. The predicted molar refractivity (Wildman–Crippen MR) is 199 cm³/mol. The van der Waals surface area contributed by atoms with Crippen LogP contribution < -0.4 is 4.90 Å². The Morgan fingerprint density at radius 1 is 0.857 bits per heavy atom. The second-order valence-electron chi connectivity index (χ2n) is 15.4. The van der Waals surface area contributed by atoms with Gasteiger partial charge in [0.2, 0.25) is 0 Å². The van der Waals surface area contributed by atoms with Gasteiger partial charge in [-0.15, -0.1) is 28.5 Å². The van der Waals surface area contributed by atoms with Gasteiger partial charge in [-0.1, -0.05) is 72.2 Å². The molecule has 1 aromatic rings. The zero-order chi connectivity index (χ0) is 35.2. The number of hydrogen-bond donors (Lipinski definition) is 0. The third-order valence-corrected chi connectivity index (χ3v) is 15.3. The van der Waals surface area contributed by atoms with E-state index in [9.17, 15) is 19.2 Å². The van der Waals surface area contributed by atoms with Crippen molar-refractivity contribution in [3.8, 4) is 0 Å². The van der Waals surface area contributed by atoms with Crippen molar-refractivity contribution in [2.45, 2.75) is 115 Å². The van der Waals surface area contributed by atoms with Crippen LogP contribution in [0.1, 0.15) is 105 Å². The number of hydrogen-bond acceptors (Lipinski definition) is 10. The molecule has 49 heavy (non-hydrogen) atoms. The molecule has 12 heteroatoms. The number of carbonyl (C=O) groups excluding carboxylic acids is 4. The van der Waals surface area contributed by atoms with E-state index in [1.807, 2.05) is 19.1 Å². The molecule has 0 radical (unpaired) electrons. The van der Waals surface area contributed by atoms with Crippen molar-refractivity contribution in [3.05, 3.63) is 29.3 Å². The number of nitrogens with zero attached hydrogens (tertiary/aromatic N) is 3. The van der Waals surface area contributed by atoms with Crippen molar-refractivity contribution in [1.82, 2.24) is 5.01 Å². The number of anilines is 1. The third-order valence-electron chi connectivity index (χ3n) is 11.1. The van der Waals surface area contributed by atoms with E-state index in [-0.39, 0.29) is 35.2 Å². The monoisotopic (exact) mass is 729 g/mol. The normalized spacial score (nSPS) is 31.6. The third kappa shape index (κ3) is 7.16. The molecule has 7 atom stereocenters. The second kappa shape index (κ2) is 14.8. The maximum Gasteiger partial charge on any atom is 0.438 e. The first kappa shape index (κ1) is 36.6. The smallest absolute Gasteiger partial charge is 0.438 e. The fourth-order valence-corrected chi connectivity index (χ4v) is 12.3. The Labute approximate surface area is 303 Å². The molecule has 1 spiro atoms. The Hall–Kier alpha value is -2.18. The lowest BCUT2D eigenvalue weighted by Gasteiger charge is -2.37. The lowest BCUT2D eigenvalue weighted by Crippen LogP contribution is -2.45. The van der Waals surface area contributed by atoms with Gasteiger partial charge in [0.05, 0.1) is 16.6 Å². The molecular formula is C37H51N3O6S3. The van der Waals surface area contributed by atoms with E-state index in [0.29, 0.717) is 40.6 Å². The number of ether oxygens (including phenoxy) is 2. The molecule has 3 aliphatic heterocycles. The highest BCUT2D eigenvalue weighted by molar-refractivity contribution is 8.19. The van der Waals surface area contributed by atoms with E-state index in [2.05, 4.69) is 46.6 Å². The minimum absolute atomic E-state index is 0.235. The minimum atomic E-state index is -0.983. The molecule has 268 valence electrons. The summed E-state index contributed by atoms with van der Waals surface area (Å²) in [5, 5.41) is 4.67. The van der Waals surface area contributed by atoms with Gasteiger partial charge in [0.15, 0.2) is 4.08 Å². The minimum Gasteiger partial charge on any atom is -0.445 e. The van der Waals surface area contributed by atoms with Gasteiger partial charge in [-0.3, -0.25) is 9.59 Å². The molecular weight excluding hydrogens is 679 g/mol. The van der Waals surface area contributed by atoms with Crippen LogP contribution in [-0.2, 0) is 18.3 Å². The molecule has 3 fully saturated rings. The first-order valence-corrected chi connectivity index (χ1v) is 20.9. The summed E-state index contributed by atoms with van der Waals surface area (Å²) in [5.74, 6) is 3.41. The lowest BCUT2D eigenvalue weighted by atomic mass is 9.75. The van der Waals surface area contributed by atoms with Crippen molar-refractivity contribution < 1.29 is 28.7 Å². The van der Waals surface area contributed by atoms with E-state index in [1.165, 1.54) is 4.90 Å². The molecule has 1 aromatic carbocycles. The Bertz CT molecular complexity index is 1490. The van der Waals surface area contributed by atoms with Gasteiger partial charge < -0.3 is 9.47 Å². The molecule has 2 saturated carbocycles. The predicted octanol–water partition coefficient (Wildman–Crippen LogP) is 9.51. The summed E-state index contributed by atoms with van der Waals surface area (Å²) in [7, 11) is 0. The van der Waals surface area contributed by atoms with Crippen molar-refractivity contribution >= 4 is 70.0 Å². The molecule has 0 bridgehead atoms. The van der Waals surface area contributed by atoms with Crippen molar-refractivity contribution in [2.75, 3.05) is 16.4 Å². The molecule has 3 heterocycles. The molecule has 0 N–H and O–H groups in total. The van der Waals surface area contributed by atoms with Crippen LogP contribution in [0.25, 0.3) is 0 Å². The van der Waals surface area contributed by atoms with Crippen LogP contribution in [-0.4, -0.2) is 63.0 Å². The van der Waals surface area contributed by atoms with E-state index in [1.54, 1.807) is 29.6 Å². The van der Waals surface area contributed by atoms with Gasteiger partial charge >= 0.3 is 17.4 Å². The van der Waals surface area contributed by atoms with Crippen LogP contribution in [0.4, 0.5) is 20.1 Å². The highest BCUT2D eigenvalue weighted by Crippen LogP contribution is 2.58. The van der Waals surface area contributed by atoms with Crippen molar-refractivity contribution in [3.63, 3.8) is 0 Å². The van der Waals surface area contributed by atoms with Crippen LogP contribution in [0.5, 0.6) is 0 Å². The fourth-order valence-electron chi connectivity index (χ4n) is 8.28. The number of fused-ring (bicyclic) bond motifs is 2. The Kier molecular flexibility index (Phi) is 11.1. The van der Waals surface area contributed by atoms with Gasteiger partial charge in [0.1, 0.15) is 12.2 Å². The maximum atomic E-state index is 14.4. The van der Waals surface area contributed by atoms with Crippen LogP contribution in [0.2, 0.25) is 0 Å². The number of amides is 4. The van der Waals surface area contributed by atoms with E-state index < -0.39 is 21.5 Å². The second-order valence-corrected chi connectivity index (χ2v) is 19.5. The SMILES string of the molecule is CC(C)[C@@H]1CC[C@@H](C)C[C@H]1OC(=O)N1N=C(c2ccc3c(c2)C2(SCCCS2)C(=O)N3C(=O)O[C@@H]2C[C@H](C)CC[C@H]2C(C)C)[C@@H](C)SC1=O. The number of imide groups is 2. The maximum absolute atomic E-state index is 14.4. The molecule has 0 aromatic heterocycles. The molecule has 5 aliphatic rings. The van der Waals surface area contributed by atoms with E-state index in [4.69, 9.17) is 9.47 Å². The van der Waals surface area contributed by atoms with Crippen LogP contribution in [0, 0.1) is 35.5 Å². The number of carbonyl (C=O) groups is 4. The van der Waals surface area contributed by atoms with E-state index in [0.717, 1.165) is 78.8 Å². The van der Waals surface area contributed by atoms with Crippen LogP contribution in [0.15, 0.2) is 23.3 Å². The number of hydrazone groups is 1. The first-order valence-electron chi connectivity index (χ1n) is 18.1. The lowest BCUT2D eigenvalue weighted by molar-refractivity contribution is -0.118. The number of rotatable bonds is 5. The molecule has 0 unspecified atom stereocenters. The van der Waals surface area contributed by atoms with Crippen LogP contribution >= 0.6 is 35.3 Å². The summed E-state index contributed by atoms with van der Waals surface area (Å²) >= 11 is 4.15.